The van der Waals surface area contributed by atoms with Gasteiger partial charge in [0.1, 0.15) is 17.8 Å². The summed E-state index contributed by atoms with van der Waals surface area (Å²) in [4.78, 5) is 27.5. The van der Waals surface area contributed by atoms with Gasteiger partial charge in [-0.25, -0.2) is 9.97 Å². The maximum absolute atomic E-state index is 12.8. The van der Waals surface area contributed by atoms with Crippen LogP contribution in [-0.2, 0) is 9.53 Å². The van der Waals surface area contributed by atoms with Crippen molar-refractivity contribution in [3.63, 3.8) is 0 Å². The second kappa shape index (κ2) is 9.76. The molecule has 1 amide bonds. The molecule has 3 aromatic rings. The Morgan fingerprint density at radius 2 is 1.83 bits per heavy atom. The van der Waals surface area contributed by atoms with Crippen LogP contribution in [0.1, 0.15) is 38.5 Å². The molecule has 3 fully saturated rings. The standard InChI is InChI=1S/C26H32N6O2.ClH/c27-19-14-26(15-19)7-5-18(6-8-26)25(33)30-20-3-1-17(2-4-20)22-13-21-23(31-22)28-16-29-24(21)32-9-11-34-12-10-32;/h1-4,13,16,18-19H,5-12,14-15,27H2,(H,30,33)(H,28,29,31);1H. The third-order valence-electron chi connectivity index (χ3n) is 7.99. The van der Waals surface area contributed by atoms with Crippen LogP contribution in [0, 0.1) is 11.3 Å². The van der Waals surface area contributed by atoms with E-state index in [2.05, 4.69) is 31.2 Å². The molecule has 35 heavy (non-hydrogen) atoms. The normalized spacial score (nSPS) is 26.3. The zero-order valence-corrected chi connectivity index (χ0v) is 20.7. The molecular formula is C26H33ClN6O2. The van der Waals surface area contributed by atoms with Gasteiger partial charge in [0.15, 0.2) is 0 Å². The number of fused-ring (bicyclic) bond motifs is 1. The minimum absolute atomic E-state index is 0. The van der Waals surface area contributed by atoms with Crippen LogP contribution >= 0.6 is 12.4 Å². The van der Waals surface area contributed by atoms with Crippen molar-refractivity contribution < 1.29 is 9.53 Å². The van der Waals surface area contributed by atoms with E-state index in [0.29, 0.717) is 24.7 Å². The number of morpholine rings is 1. The number of aromatic nitrogens is 3. The number of hydrogen-bond donors (Lipinski definition) is 3. The van der Waals surface area contributed by atoms with Crippen molar-refractivity contribution in [2.75, 3.05) is 36.5 Å². The average Bonchev–Trinajstić information content (AvgIpc) is 3.29. The van der Waals surface area contributed by atoms with Crippen LogP contribution < -0.4 is 16.0 Å². The molecule has 0 unspecified atom stereocenters. The number of carbonyl (C=O) groups is 1. The third kappa shape index (κ3) is 4.75. The molecule has 0 atom stereocenters. The van der Waals surface area contributed by atoms with Crippen molar-refractivity contribution in [1.29, 1.82) is 0 Å². The predicted molar refractivity (Wildman–Crippen MR) is 140 cm³/mol. The highest BCUT2D eigenvalue weighted by Crippen LogP contribution is 2.52. The van der Waals surface area contributed by atoms with E-state index in [9.17, 15) is 4.79 Å². The van der Waals surface area contributed by atoms with E-state index < -0.39 is 0 Å². The molecular weight excluding hydrogens is 464 g/mol. The van der Waals surface area contributed by atoms with Crippen LogP contribution in [0.15, 0.2) is 36.7 Å². The van der Waals surface area contributed by atoms with Crippen LogP contribution in [0.25, 0.3) is 22.3 Å². The molecule has 4 N–H and O–H groups in total. The van der Waals surface area contributed by atoms with Crippen molar-refractivity contribution in [3.05, 3.63) is 36.7 Å². The fourth-order valence-corrected chi connectivity index (χ4v) is 6.04. The molecule has 186 valence electrons. The average molecular weight is 497 g/mol. The van der Waals surface area contributed by atoms with Gasteiger partial charge in [-0.05, 0) is 67.7 Å². The first-order chi connectivity index (χ1) is 16.6. The van der Waals surface area contributed by atoms with Gasteiger partial charge in [-0.1, -0.05) is 12.1 Å². The fraction of sp³-hybridized carbons (Fsp3) is 0.500. The second-order valence-corrected chi connectivity index (χ2v) is 10.3. The minimum atomic E-state index is 0. The van der Waals surface area contributed by atoms with Crippen LogP contribution in [0.2, 0.25) is 0 Å². The lowest BCUT2D eigenvalue weighted by molar-refractivity contribution is -0.122. The van der Waals surface area contributed by atoms with Gasteiger partial charge in [0.2, 0.25) is 5.91 Å². The molecule has 1 aromatic carbocycles. The second-order valence-electron chi connectivity index (χ2n) is 10.3. The highest BCUT2D eigenvalue weighted by atomic mass is 35.5. The van der Waals surface area contributed by atoms with Crippen molar-refractivity contribution >= 4 is 40.9 Å². The van der Waals surface area contributed by atoms with Gasteiger partial charge in [-0.2, -0.15) is 0 Å². The van der Waals surface area contributed by atoms with Gasteiger partial charge in [0, 0.05) is 36.4 Å². The molecule has 6 rings (SSSR count). The number of nitrogens with two attached hydrogens (primary N) is 1. The maximum Gasteiger partial charge on any atom is 0.227 e. The number of amides is 1. The van der Waals surface area contributed by atoms with Crippen LogP contribution in [0.4, 0.5) is 11.5 Å². The fourth-order valence-electron chi connectivity index (χ4n) is 6.04. The number of carbonyl (C=O) groups excluding carboxylic acids is 1. The summed E-state index contributed by atoms with van der Waals surface area (Å²) >= 11 is 0. The largest absolute Gasteiger partial charge is 0.378 e. The highest BCUT2D eigenvalue weighted by Gasteiger charge is 2.45. The number of anilines is 2. The Labute approximate surface area is 211 Å². The molecule has 9 heteroatoms. The molecule has 0 bridgehead atoms. The Morgan fingerprint density at radius 1 is 1.11 bits per heavy atom. The van der Waals surface area contributed by atoms with Gasteiger partial charge in [-0.3, -0.25) is 4.79 Å². The summed E-state index contributed by atoms with van der Waals surface area (Å²) in [6.07, 6.45) is 8.09. The maximum atomic E-state index is 12.8. The van der Waals surface area contributed by atoms with E-state index in [1.54, 1.807) is 6.33 Å². The summed E-state index contributed by atoms with van der Waals surface area (Å²) < 4.78 is 5.48. The van der Waals surface area contributed by atoms with Crippen molar-refractivity contribution in [3.8, 4) is 11.3 Å². The van der Waals surface area contributed by atoms with Gasteiger partial charge < -0.3 is 25.7 Å². The molecule has 1 aliphatic heterocycles. The Kier molecular flexibility index (Phi) is 6.70. The molecule has 1 spiro atoms. The zero-order chi connectivity index (χ0) is 23.1. The number of aromatic amines is 1. The van der Waals surface area contributed by atoms with E-state index in [1.807, 2.05) is 24.3 Å². The van der Waals surface area contributed by atoms with Crippen LogP contribution in [0.3, 0.4) is 0 Å². The molecule has 2 aromatic heterocycles. The monoisotopic (exact) mass is 496 g/mol. The molecule has 8 nitrogen and oxygen atoms in total. The van der Waals surface area contributed by atoms with Gasteiger partial charge in [-0.15, -0.1) is 12.4 Å². The number of benzene rings is 1. The number of nitrogens with zero attached hydrogens (tertiary/aromatic N) is 3. The Bertz CT molecular complexity index is 1170. The van der Waals surface area contributed by atoms with E-state index in [-0.39, 0.29) is 24.2 Å². The summed E-state index contributed by atoms with van der Waals surface area (Å²) in [6, 6.07) is 10.5. The summed E-state index contributed by atoms with van der Waals surface area (Å²) in [6.45, 7) is 3.09. The van der Waals surface area contributed by atoms with E-state index in [1.165, 1.54) is 0 Å². The third-order valence-corrected chi connectivity index (χ3v) is 7.99. The van der Waals surface area contributed by atoms with Crippen molar-refractivity contribution in [2.24, 2.45) is 17.1 Å². The van der Waals surface area contributed by atoms with Crippen molar-refractivity contribution in [2.45, 2.75) is 44.6 Å². The lowest BCUT2D eigenvalue weighted by Gasteiger charge is -2.50. The Hall–Kier alpha value is -2.68. The quantitative estimate of drug-likeness (QED) is 0.501. The highest BCUT2D eigenvalue weighted by molar-refractivity contribution is 5.94. The molecule has 0 radical (unpaired) electrons. The number of ether oxygens (including phenoxy) is 1. The minimum Gasteiger partial charge on any atom is -0.378 e. The van der Waals surface area contributed by atoms with Gasteiger partial charge >= 0.3 is 0 Å². The van der Waals surface area contributed by atoms with E-state index >= 15 is 0 Å². The molecule has 2 aliphatic carbocycles. The number of H-pyrrole nitrogens is 1. The first kappa shape index (κ1) is 24.0. The van der Waals surface area contributed by atoms with Gasteiger partial charge in [0.25, 0.3) is 0 Å². The van der Waals surface area contributed by atoms with Gasteiger partial charge in [0.05, 0.1) is 18.6 Å². The first-order valence-electron chi connectivity index (χ1n) is 12.4. The summed E-state index contributed by atoms with van der Waals surface area (Å²) in [7, 11) is 0. The number of hydrogen-bond acceptors (Lipinski definition) is 6. The first-order valence-corrected chi connectivity index (χ1v) is 12.4. The Morgan fingerprint density at radius 3 is 2.51 bits per heavy atom. The number of rotatable bonds is 4. The molecule has 2 saturated carbocycles. The zero-order valence-electron chi connectivity index (χ0n) is 19.8. The summed E-state index contributed by atoms with van der Waals surface area (Å²) in [5.41, 5.74) is 10.1. The van der Waals surface area contributed by atoms with E-state index in [4.69, 9.17) is 10.5 Å². The summed E-state index contributed by atoms with van der Waals surface area (Å²) in [5.74, 6) is 1.19. The smallest absolute Gasteiger partial charge is 0.227 e. The lowest BCUT2D eigenvalue weighted by Crippen LogP contribution is -2.48. The molecule has 3 heterocycles. The molecule has 1 saturated heterocycles. The lowest BCUT2D eigenvalue weighted by atomic mass is 9.57. The Balaban J connectivity index is 0.00000253. The predicted octanol–water partition coefficient (Wildman–Crippen LogP) is 4.12. The SMILES string of the molecule is Cl.NC1CC2(CCC(C(=O)Nc3ccc(-c4cc5c(N6CCOCC6)ncnc5[nH]4)cc3)CC2)C1. The molecule has 3 aliphatic rings. The van der Waals surface area contributed by atoms with Crippen molar-refractivity contribution in [1.82, 2.24) is 15.0 Å². The van der Waals surface area contributed by atoms with Crippen LogP contribution in [-0.4, -0.2) is 53.2 Å². The number of nitrogens with one attached hydrogen (secondary N) is 2. The topological polar surface area (TPSA) is 109 Å². The van der Waals surface area contributed by atoms with Crippen LogP contribution in [0.5, 0.6) is 0 Å². The number of halogens is 1. The summed E-state index contributed by atoms with van der Waals surface area (Å²) in [5, 5.41) is 4.14. The van der Waals surface area contributed by atoms with E-state index in [0.717, 1.165) is 85.4 Å².